The van der Waals surface area contributed by atoms with E-state index in [-0.39, 0.29) is 13.2 Å². The van der Waals surface area contributed by atoms with E-state index >= 15 is 0 Å². The van der Waals surface area contributed by atoms with E-state index in [9.17, 15) is 4.39 Å². The molecule has 0 unspecified atom stereocenters. The number of anilines is 1. The Balaban J connectivity index is 0.00000289. The molecule has 4 aromatic rings. The minimum absolute atomic E-state index is 0. The Morgan fingerprint density at radius 1 is 0.943 bits per heavy atom. The van der Waals surface area contributed by atoms with Gasteiger partial charge in [0.05, 0.1) is 24.7 Å². The molecule has 35 heavy (non-hydrogen) atoms. The highest BCUT2D eigenvalue weighted by molar-refractivity contribution is 5.78. The third kappa shape index (κ3) is 6.01. The fourth-order valence-electron chi connectivity index (χ4n) is 4.68. The van der Waals surface area contributed by atoms with E-state index in [4.69, 9.17) is 9.72 Å². The molecule has 1 aliphatic rings. The summed E-state index contributed by atoms with van der Waals surface area (Å²) in [5.41, 5.74) is 4.46. The zero-order chi connectivity index (χ0) is 23.3. The van der Waals surface area contributed by atoms with Gasteiger partial charge in [-0.15, -0.1) is 0 Å². The van der Waals surface area contributed by atoms with Crippen molar-refractivity contribution in [1.82, 2.24) is 14.5 Å². The average Bonchev–Trinajstić information content (AvgIpc) is 3.22. The number of ether oxygens (including phenoxy) is 1. The molecule has 5 rings (SSSR count). The highest BCUT2D eigenvalue weighted by Gasteiger charge is 2.21. The molecule has 0 saturated carbocycles. The van der Waals surface area contributed by atoms with Crippen molar-refractivity contribution in [3.8, 4) is 5.75 Å². The molecule has 0 spiro atoms. The first-order valence-corrected chi connectivity index (χ1v) is 12.0. The van der Waals surface area contributed by atoms with Crippen LogP contribution in [0.2, 0.25) is 0 Å². The third-order valence-electron chi connectivity index (χ3n) is 6.71. The van der Waals surface area contributed by atoms with Crippen LogP contribution in [-0.4, -0.2) is 47.2 Å². The summed E-state index contributed by atoms with van der Waals surface area (Å²) >= 11 is 0. The number of halogens is 1. The predicted molar refractivity (Wildman–Crippen MR) is 142 cm³/mol. The summed E-state index contributed by atoms with van der Waals surface area (Å²) in [5, 5.41) is 3.71. The number of hydrogen-bond donors (Lipinski definition) is 1. The number of fused-ring (bicyclic) bond motifs is 1. The van der Waals surface area contributed by atoms with Gasteiger partial charge in [-0.05, 0) is 66.8 Å². The SMILES string of the molecule is C.COc1ccc(CCN2CCC(Nc3nc4ccccc4n3Cc3ccc(F)cc3)CC2)cc1. The van der Waals surface area contributed by atoms with Crippen LogP contribution in [0.15, 0.2) is 72.8 Å². The van der Waals surface area contributed by atoms with Gasteiger partial charge in [-0.3, -0.25) is 0 Å². The fraction of sp³-hybridized carbons (Fsp3) is 0.345. The molecular formula is C29H35FN4O. The maximum atomic E-state index is 13.4. The molecule has 0 bridgehead atoms. The van der Waals surface area contributed by atoms with Crippen molar-refractivity contribution in [2.75, 3.05) is 32.1 Å². The number of imidazole rings is 1. The van der Waals surface area contributed by atoms with Crippen molar-refractivity contribution in [3.63, 3.8) is 0 Å². The number of rotatable bonds is 8. The lowest BCUT2D eigenvalue weighted by Crippen LogP contribution is -2.40. The number of methoxy groups -OCH3 is 1. The van der Waals surface area contributed by atoms with Crippen molar-refractivity contribution in [2.24, 2.45) is 0 Å². The van der Waals surface area contributed by atoms with Crippen molar-refractivity contribution in [2.45, 2.75) is 39.3 Å². The van der Waals surface area contributed by atoms with Gasteiger partial charge < -0.3 is 19.5 Å². The number of benzene rings is 3. The van der Waals surface area contributed by atoms with E-state index in [0.717, 1.165) is 67.2 Å². The Kier molecular flexibility index (Phi) is 8.03. The van der Waals surface area contributed by atoms with Gasteiger partial charge in [0.1, 0.15) is 11.6 Å². The normalized spacial score (nSPS) is 14.6. The van der Waals surface area contributed by atoms with Crippen molar-refractivity contribution < 1.29 is 9.13 Å². The van der Waals surface area contributed by atoms with Crippen LogP contribution in [0.4, 0.5) is 10.3 Å². The molecule has 184 valence electrons. The van der Waals surface area contributed by atoms with Crippen molar-refractivity contribution in [1.29, 1.82) is 0 Å². The number of hydrogen-bond acceptors (Lipinski definition) is 4. The lowest BCUT2D eigenvalue weighted by atomic mass is 10.0. The summed E-state index contributed by atoms with van der Waals surface area (Å²) < 4.78 is 20.8. The van der Waals surface area contributed by atoms with E-state index in [0.29, 0.717) is 12.6 Å². The monoisotopic (exact) mass is 474 g/mol. The maximum absolute atomic E-state index is 13.4. The number of para-hydroxylation sites is 2. The molecule has 1 saturated heterocycles. The lowest BCUT2D eigenvalue weighted by molar-refractivity contribution is 0.221. The Labute approximate surface area is 207 Å². The Morgan fingerprint density at radius 3 is 2.34 bits per heavy atom. The first-order valence-electron chi connectivity index (χ1n) is 12.0. The number of piperidine rings is 1. The van der Waals surface area contributed by atoms with Crippen LogP contribution >= 0.6 is 0 Å². The standard InChI is InChI=1S/C28H31FN4O.CH4/c1-34-25-12-8-21(9-13-25)14-17-32-18-15-24(16-19-32)30-28-31-26-4-2-3-5-27(26)33(28)20-22-6-10-23(29)11-7-22;/h2-13,24H,14-20H2,1H3,(H,30,31);1H4. The van der Waals surface area contributed by atoms with Gasteiger partial charge in [0.25, 0.3) is 0 Å². The summed E-state index contributed by atoms with van der Waals surface area (Å²) in [6.45, 7) is 3.88. The molecule has 0 amide bonds. The van der Waals surface area contributed by atoms with Crippen LogP contribution < -0.4 is 10.1 Å². The molecule has 0 radical (unpaired) electrons. The molecule has 0 atom stereocenters. The smallest absolute Gasteiger partial charge is 0.204 e. The fourth-order valence-corrected chi connectivity index (χ4v) is 4.68. The van der Waals surface area contributed by atoms with Gasteiger partial charge >= 0.3 is 0 Å². The molecule has 2 heterocycles. The summed E-state index contributed by atoms with van der Waals surface area (Å²) in [6.07, 6.45) is 3.22. The molecule has 3 aromatic carbocycles. The number of likely N-dealkylation sites (tertiary alicyclic amines) is 1. The maximum Gasteiger partial charge on any atom is 0.204 e. The van der Waals surface area contributed by atoms with Gasteiger partial charge in [-0.2, -0.15) is 0 Å². The largest absolute Gasteiger partial charge is 0.497 e. The third-order valence-corrected chi connectivity index (χ3v) is 6.71. The van der Waals surface area contributed by atoms with E-state index in [1.54, 1.807) is 7.11 Å². The van der Waals surface area contributed by atoms with Crippen LogP contribution in [0.5, 0.6) is 5.75 Å². The highest BCUT2D eigenvalue weighted by Crippen LogP contribution is 2.24. The minimum atomic E-state index is -0.212. The Bertz CT molecular complexity index is 1210. The second-order valence-electron chi connectivity index (χ2n) is 9.00. The molecule has 1 fully saturated rings. The number of aromatic nitrogens is 2. The predicted octanol–water partition coefficient (Wildman–Crippen LogP) is 5.99. The average molecular weight is 475 g/mol. The number of nitrogens with one attached hydrogen (secondary N) is 1. The topological polar surface area (TPSA) is 42.3 Å². The van der Waals surface area contributed by atoms with E-state index in [2.05, 4.69) is 33.0 Å². The van der Waals surface area contributed by atoms with Crippen LogP contribution in [-0.2, 0) is 13.0 Å². The quantitative estimate of drug-likeness (QED) is 0.341. The zero-order valence-electron chi connectivity index (χ0n) is 19.6. The molecular weight excluding hydrogens is 439 g/mol. The minimum Gasteiger partial charge on any atom is -0.497 e. The van der Waals surface area contributed by atoms with Gasteiger partial charge in [0.15, 0.2) is 0 Å². The van der Waals surface area contributed by atoms with E-state index < -0.39 is 0 Å². The molecule has 6 heteroatoms. The van der Waals surface area contributed by atoms with Crippen molar-refractivity contribution >= 4 is 17.0 Å². The van der Waals surface area contributed by atoms with Crippen LogP contribution in [0.1, 0.15) is 31.4 Å². The molecule has 1 N–H and O–H groups in total. The second kappa shape index (κ2) is 11.4. The lowest BCUT2D eigenvalue weighted by Gasteiger charge is -2.32. The van der Waals surface area contributed by atoms with Crippen LogP contribution in [0.3, 0.4) is 0 Å². The Hall–Kier alpha value is -3.38. The summed E-state index contributed by atoms with van der Waals surface area (Å²) in [4.78, 5) is 7.43. The first kappa shape index (κ1) is 24.7. The van der Waals surface area contributed by atoms with Gasteiger partial charge in [-0.1, -0.05) is 43.8 Å². The van der Waals surface area contributed by atoms with E-state index in [1.165, 1.54) is 17.7 Å². The zero-order valence-corrected chi connectivity index (χ0v) is 19.6. The van der Waals surface area contributed by atoms with Gasteiger partial charge in [-0.25, -0.2) is 9.37 Å². The summed E-state index contributed by atoms with van der Waals surface area (Å²) in [5.74, 6) is 1.58. The Morgan fingerprint density at radius 2 is 1.63 bits per heavy atom. The molecule has 1 aromatic heterocycles. The first-order chi connectivity index (χ1) is 16.7. The molecule has 5 nitrogen and oxygen atoms in total. The molecule has 0 aliphatic carbocycles. The highest BCUT2D eigenvalue weighted by atomic mass is 19.1. The number of nitrogens with zero attached hydrogens (tertiary/aromatic N) is 3. The van der Waals surface area contributed by atoms with E-state index in [1.807, 2.05) is 42.5 Å². The van der Waals surface area contributed by atoms with Crippen LogP contribution in [0, 0.1) is 5.82 Å². The second-order valence-corrected chi connectivity index (χ2v) is 9.00. The molecule has 1 aliphatic heterocycles. The van der Waals surface area contributed by atoms with Crippen LogP contribution in [0.25, 0.3) is 11.0 Å². The van der Waals surface area contributed by atoms with Gasteiger partial charge in [0, 0.05) is 25.7 Å². The summed E-state index contributed by atoms with van der Waals surface area (Å²) in [7, 11) is 1.70. The summed E-state index contributed by atoms with van der Waals surface area (Å²) in [6, 6.07) is 23.7. The van der Waals surface area contributed by atoms with Crippen molar-refractivity contribution in [3.05, 3.63) is 89.7 Å². The van der Waals surface area contributed by atoms with Gasteiger partial charge in [0.2, 0.25) is 5.95 Å².